The smallest absolute Gasteiger partial charge is 0.278 e. The summed E-state index contributed by atoms with van der Waals surface area (Å²) in [5.74, 6) is 0. The van der Waals surface area contributed by atoms with Crippen molar-refractivity contribution in [1.82, 2.24) is 19.5 Å². The highest BCUT2D eigenvalue weighted by Gasteiger charge is 2.20. The Balaban J connectivity index is 1.84. The maximum Gasteiger partial charge on any atom is 0.278 e. The lowest BCUT2D eigenvalue weighted by atomic mass is 10.1. The predicted molar refractivity (Wildman–Crippen MR) is 93.0 cm³/mol. The Hall–Kier alpha value is -3.61. The molecule has 2 heterocycles. The second-order valence-corrected chi connectivity index (χ2v) is 5.53. The molecule has 0 unspecified atom stereocenters. The minimum absolute atomic E-state index is 0.000101. The van der Waals surface area contributed by atoms with Crippen LogP contribution in [0.25, 0.3) is 22.4 Å². The fourth-order valence-electron chi connectivity index (χ4n) is 2.81. The highest BCUT2D eigenvalue weighted by atomic mass is 16.6. The van der Waals surface area contributed by atoms with Crippen LogP contribution in [0.4, 0.5) is 5.69 Å². The van der Waals surface area contributed by atoms with E-state index in [1.54, 1.807) is 24.5 Å². The summed E-state index contributed by atoms with van der Waals surface area (Å²) in [6, 6.07) is 16.5. The van der Waals surface area contributed by atoms with Gasteiger partial charge in [-0.25, -0.2) is 15.0 Å². The van der Waals surface area contributed by atoms with Gasteiger partial charge in [0.1, 0.15) is 17.5 Å². The van der Waals surface area contributed by atoms with Crippen LogP contribution in [0, 0.1) is 10.1 Å². The standard InChI is InChI=1S/C18H13N5O2/c24-23(25)15-9-5-4-8-14(15)16-17-18(20-11-19-16)22(12-21-17)10-13-6-2-1-3-7-13/h1-9,11-12H,10H2. The maximum atomic E-state index is 11.3. The molecule has 7 heteroatoms. The monoisotopic (exact) mass is 331 g/mol. The van der Waals surface area contributed by atoms with Gasteiger partial charge in [0.2, 0.25) is 0 Å². The lowest BCUT2D eigenvalue weighted by Crippen LogP contribution is -2.00. The summed E-state index contributed by atoms with van der Waals surface area (Å²) in [5.41, 5.74) is 3.21. The van der Waals surface area contributed by atoms with Crippen LogP contribution in [0.2, 0.25) is 0 Å². The van der Waals surface area contributed by atoms with E-state index in [0.717, 1.165) is 5.56 Å². The van der Waals surface area contributed by atoms with Crippen LogP contribution in [0.5, 0.6) is 0 Å². The number of hydrogen-bond donors (Lipinski definition) is 0. The van der Waals surface area contributed by atoms with Crippen LogP contribution in [-0.2, 0) is 6.54 Å². The van der Waals surface area contributed by atoms with E-state index in [1.807, 2.05) is 34.9 Å². The topological polar surface area (TPSA) is 86.7 Å². The van der Waals surface area contributed by atoms with Crippen LogP contribution in [0.1, 0.15) is 5.56 Å². The van der Waals surface area contributed by atoms with Gasteiger partial charge in [-0.1, -0.05) is 42.5 Å². The molecule has 0 N–H and O–H groups in total. The Kier molecular flexibility index (Phi) is 3.66. The average molecular weight is 331 g/mol. The van der Waals surface area contributed by atoms with E-state index in [-0.39, 0.29) is 5.69 Å². The van der Waals surface area contributed by atoms with Crippen molar-refractivity contribution in [3.05, 3.63) is 82.9 Å². The number of hydrogen-bond acceptors (Lipinski definition) is 5. The third kappa shape index (κ3) is 2.72. The fraction of sp³-hybridized carbons (Fsp3) is 0.0556. The third-order valence-electron chi connectivity index (χ3n) is 3.95. The minimum atomic E-state index is -0.412. The minimum Gasteiger partial charge on any atom is -0.311 e. The van der Waals surface area contributed by atoms with E-state index in [2.05, 4.69) is 15.0 Å². The van der Waals surface area contributed by atoms with Gasteiger partial charge in [-0.15, -0.1) is 0 Å². The molecule has 0 spiro atoms. The molecule has 7 nitrogen and oxygen atoms in total. The molecule has 0 aliphatic heterocycles. The number of nitrogens with zero attached hydrogens (tertiary/aromatic N) is 5. The van der Waals surface area contributed by atoms with Gasteiger partial charge >= 0.3 is 0 Å². The summed E-state index contributed by atoms with van der Waals surface area (Å²) >= 11 is 0. The van der Waals surface area contributed by atoms with E-state index >= 15 is 0 Å². The van der Waals surface area contributed by atoms with Crippen LogP contribution in [0.3, 0.4) is 0 Å². The van der Waals surface area contributed by atoms with Gasteiger partial charge in [-0.3, -0.25) is 10.1 Å². The Bertz CT molecular complexity index is 1060. The molecule has 0 saturated heterocycles. The van der Waals surface area contributed by atoms with Gasteiger partial charge in [0.05, 0.1) is 23.4 Å². The van der Waals surface area contributed by atoms with Crippen molar-refractivity contribution in [1.29, 1.82) is 0 Å². The number of nitro benzene ring substituents is 1. The molecule has 25 heavy (non-hydrogen) atoms. The second-order valence-electron chi connectivity index (χ2n) is 5.53. The third-order valence-corrected chi connectivity index (χ3v) is 3.95. The van der Waals surface area contributed by atoms with E-state index in [1.165, 1.54) is 12.4 Å². The Labute approximate surface area is 142 Å². The number of benzene rings is 2. The van der Waals surface area contributed by atoms with E-state index in [4.69, 9.17) is 0 Å². The van der Waals surface area contributed by atoms with Crippen molar-refractivity contribution >= 4 is 16.9 Å². The van der Waals surface area contributed by atoms with Gasteiger partial charge < -0.3 is 4.57 Å². The molecule has 2 aromatic heterocycles. The van der Waals surface area contributed by atoms with Gasteiger partial charge in [0, 0.05) is 6.07 Å². The van der Waals surface area contributed by atoms with Crippen molar-refractivity contribution in [2.45, 2.75) is 6.54 Å². The zero-order valence-electron chi connectivity index (χ0n) is 13.1. The fourth-order valence-corrected chi connectivity index (χ4v) is 2.81. The van der Waals surface area contributed by atoms with Crippen LogP contribution < -0.4 is 0 Å². The zero-order chi connectivity index (χ0) is 17.2. The van der Waals surface area contributed by atoms with E-state index < -0.39 is 4.92 Å². The molecule has 122 valence electrons. The van der Waals surface area contributed by atoms with Crippen LogP contribution >= 0.6 is 0 Å². The molecular formula is C18H13N5O2. The SMILES string of the molecule is O=[N+]([O-])c1ccccc1-c1ncnc2c1ncn2Cc1ccccc1. The number of fused-ring (bicyclic) bond motifs is 1. The quantitative estimate of drug-likeness (QED) is 0.422. The second kappa shape index (κ2) is 6.12. The molecule has 0 aliphatic carbocycles. The lowest BCUT2D eigenvalue weighted by molar-refractivity contribution is -0.384. The molecule has 4 rings (SSSR count). The summed E-state index contributed by atoms with van der Waals surface area (Å²) in [6.45, 7) is 0.616. The summed E-state index contributed by atoms with van der Waals surface area (Å²) in [5, 5.41) is 11.3. The van der Waals surface area contributed by atoms with E-state index in [0.29, 0.717) is 29.0 Å². The van der Waals surface area contributed by atoms with Gasteiger partial charge in [0.15, 0.2) is 5.65 Å². The molecular weight excluding hydrogens is 318 g/mol. The van der Waals surface area contributed by atoms with Gasteiger partial charge in [-0.2, -0.15) is 0 Å². The van der Waals surface area contributed by atoms with Crippen LogP contribution in [0.15, 0.2) is 67.3 Å². The lowest BCUT2D eigenvalue weighted by Gasteiger charge is -2.05. The first-order chi connectivity index (χ1) is 12.2. The molecule has 0 aliphatic rings. The Morgan fingerprint density at radius 1 is 0.960 bits per heavy atom. The number of rotatable bonds is 4. The van der Waals surface area contributed by atoms with Crippen molar-refractivity contribution in [2.75, 3.05) is 0 Å². The summed E-state index contributed by atoms with van der Waals surface area (Å²) in [4.78, 5) is 23.9. The molecule has 2 aromatic carbocycles. The molecule has 0 fully saturated rings. The highest BCUT2D eigenvalue weighted by molar-refractivity contribution is 5.90. The number of para-hydroxylation sites is 1. The zero-order valence-corrected chi connectivity index (χ0v) is 13.1. The van der Waals surface area contributed by atoms with Crippen molar-refractivity contribution in [3.63, 3.8) is 0 Å². The summed E-state index contributed by atoms with van der Waals surface area (Å²) in [6.07, 6.45) is 3.10. The van der Waals surface area contributed by atoms with Crippen LogP contribution in [-0.4, -0.2) is 24.4 Å². The number of aromatic nitrogens is 4. The highest BCUT2D eigenvalue weighted by Crippen LogP contribution is 2.31. The number of nitro groups is 1. The Morgan fingerprint density at radius 2 is 1.72 bits per heavy atom. The van der Waals surface area contributed by atoms with Crippen molar-refractivity contribution in [3.8, 4) is 11.3 Å². The average Bonchev–Trinajstić information content (AvgIpc) is 3.05. The normalized spacial score (nSPS) is 10.9. The van der Waals surface area contributed by atoms with Gasteiger partial charge in [-0.05, 0) is 11.6 Å². The van der Waals surface area contributed by atoms with Crippen molar-refractivity contribution in [2.24, 2.45) is 0 Å². The summed E-state index contributed by atoms with van der Waals surface area (Å²) < 4.78 is 1.91. The van der Waals surface area contributed by atoms with Crippen molar-refractivity contribution < 1.29 is 4.92 Å². The van der Waals surface area contributed by atoms with Gasteiger partial charge in [0.25, 0.3) is 5.69 Å². The molecule has 0 atom stereocenters. The molecule has 0 amide bonds. The molecule has 0 saturated carbocycles. The first kappa shape index (κ1) is 14.9. The molecule has 0 bridgehead atoms. The Morgan fingerprint density at radius 3 is 2.52 bits per heavy atom. The summed E-state index contributed by atoms with van der Waals surface area (Å²) in [7, 11) is 0. The largest absolute Gasteiger partial charge is 0.311 e. The molecule has 0 radical (unpaired) electrons. The predicted octanol–water partition coefficient (Wildman–Crippen LogP) is 3.45. The molecule has 4 aromatic rings. The van der Waals surface area contributed by atoms with E-state index in [9.17, 15) is 10.1 Å². The first-order valence-electron chi connectivity index (χ1n) is 7.67. The number of imidazole rings is 1. The first-order valence-corrected chi connectivity index (χ1v) is 7.67. The maximum absolute atomic E-state index is 11.3.